The van der Waals surface area contributed by atoms with Crippen LogP contribution in [0.3, 0.4) is 0 Å². The van der Waals surface area contributed by atoms with Gasteiger partial charge < -0.3 is 19.9 Å². The van der Waals surface area contributed by atoms with Gasteiger partial charge in [0.1, 0.15) is 5.76 Å². The van der Waals surface area contributed by atoms with E-state index in [1.807, 2.05) is 13.8 Å². The largest absolute Gasteiger partial charge is 0.378 e. The SMILES string of the molecule is CCNC(=NCCCOC1CCCCC1)NCCc1c(C)noc1C.I. The quantitative estimate of drug-likeness (QED) is 0.245. The van der Waals surface area contributed by atoms with Crippen LogP contribution in [0.2, 0.25) is 0 Å². The van der Waals surface area contributed by atoms with E-state index in [2.05, 4.69) is 27.7 Å². The number of hydrogen-bond acceptors (Lipinski definition) is 4. The van der Waals surface area contributed by atoms with Crippen molar-refractivity contribution in [1.29, 1.82) is 0 Å². The molecule has 1 saturated carbocycles. The highest BCUT2D eigenvalue weighted by molar-refractivity contribution is 14.0. The zero-order valence-corrected chi connectivity index (χ0v) is 18.8. The molecule has 150 valence electrons. The highest BCUT2D eigenvalue weighted by Gasteiger charge is 2.13. The third-order valence-corrected chi connectivity index (χ3v) is 4.67. The second-order valence-electron chi connectivity index (χ2n) is 6.72. The fourth-order valence-corrected chi connectivity index (χ4v) is 3.24. The van der Waals surface area contributed by atoms with Gasteiger partial charge in [0.2, 0.25) is 0 Å². The summed E-state index contributed by atoms with van der Waals surface area (Å²) >= 11 is 0. The van der Waals surface area contributed by atoms with Crippen LogP contribution >= 0.6 is 24.0 Å². The van der Waals surface area contributed by atoms with Crippen molar-refractivity contribution in [2.24, 2.45) is 4.99 Å². The molecule has 6 nitrogen and oxygen atoms in total. The highest BCUT2D eigenvalue weighted by Crippen LogP contribution is 2.20. The van der Waals surface area contributed by atoms with Crippen molar-refractivity contribution >= 4 is 29.9 Å². The summed E-state index contributed by atoms with van der Waals surface area (Å²) in [6.07, 6.45) is 8.82. The number of nitrogens with one attached hydrogen (secondary N) is 2. The zero-order chi connectivity index (χ0) is 17.9. The molecule has 2 N–H and O–H groups in total. The van der Waals surface area contributed by atoms with Crippen LogP contribution in [-0.2, 0) is 11.2 Å². The Hall–Kier alpha value is -0.830. The summed E-state index contributed by atoms with van der Waals surface area (Å²) in [5.74, 6) is 1.77. The number of hydrogen-bond donors (Lipinski definition) is 2. The second kappa shape index (κ2) is 13.4. The molecule has 0 bridgehead atoms. The smallest absolute Gasteiger partial charge is 0.191 e. The molecule has 1 aromatic rings. The third kappa shape index (κ3) is 8.24. The number of aromatic nitrogens is 1. The molecule has 0 atom stereocenters. The van der Waals surface area contributed by atoms with Crippen molar-refractivity contribution in [2.45, 2.75) is 71.8 Å². The lowest BCUT2D eigenvalue weighted by molar-refractivity contribution is 0.0281. The summed E-state index contributed by atoms with van der Waals surface area (Å²) in [5.41, 5.74) is 2.16. The molecule has 0 aromatic carbocycles. The maximum absolute atomic E-state index is 5.95. The van der Waals surface area contributed by atoms with Gasteiger partial charge in [-0.2, -0.15) is 0 Å². The van der Waals surface area contributed by atoms with Gasteiger partial charge in [0.25, 0.3) is 0 Å². The van der Waals surface area contributed by atoms with E-state index in [-0.39, 0.29) is 24.0 Å². The molecule has 1 fully saturated rings. The third-order valence-electron chi connectivity index (χ3n) is 4.67. The number of guanidine groups is 1. The first-order valence-electron chi connectivity index (χ1n) is 9.76. The van der Waals surface area contributed by atoms with Gasteiger partial charge in [-0.25, -0.2) is 0 Å². The molecular formula is C19H35IN4O2. The van der Waals surface area contributed by atoms with Crippen molar-refractivity contribution in [1.82, 2.24) is 15.8 Å². The average molecular weight is 478 g/mol. The molecule has 26 heavy (non-hydrogen) atoms. The van der Waals surface area contributed by atoms with Gasteiger partial charge in [0.05, 0.1) is 11.8 Å². The standard InChI is InChI=1S/C19H34N4O2.HI/c1-4-20-19(22-13-11-18-15(2)23-25-16(18)3)21-12-8-14-24-17-9-6-5-7-10-17;/h17H,4-14H2,1-3H3,(H2,20,21,22);1H. The number of nitrogens with zero attached hydrogens (tertiary/aromatic N) is 2. The van der Waals surface area contributed by atoms with Crippen molar-refractivity contribution in [3.8, 4) is 0 Å². The Morgan fingerprint density at radius 1 is 1.23 bits per heavy atom. The minimum absolute atomic E-state index is 0. The molecule has 1 heterocycles. The molecule has 1 aliphatic carbocycles. The van der Waals surface area contributed by atoms with Gasteiger partial charge in [0, 0.05) is 31.8 Å². The van der Waals surface area contributed by atoms with Crippen LogP contribution in [0.4, 0.5) is 0 Å². The van der Waals surface area contributed by atoms with Crippen LogP contribution in [0.15, 0.2) is 9.52 Å². The summed E-state index contributed by atoms with van der Waals surface area (Å²) in [6, 6.07) is 0. The van der Waals surface area contributed by atoms with E-state index in [1.165, 1.54) is 37.7 Å². The van der Waals surface area contributed by atoms with E-state index in [0.29, 0.717) is 6.10 Å². The van der Waals surface area contributed by atoms with Gasteiger partial charge >= 0.3 is 0 Å². The molecule has 7 heteroatoms. The predicted molar refractivity (Wildman–Crippen MR) is 117 cm³/mol. The van der Waals surface area contributed by atoms with E-state index < -0.39 is 0 Å². The minimum Gasteiger partial charge on any atom is -0.378 e. The molecule has 2 rings (SSSR count). The van der Waals surface area contributed by atoms with Crippen LogP contribution in [0.25, 0.3) is 0 Å². The Kier molecular flexibility index (Phi) is 11.9. The lowest BCUT2D eigenvalue weighted by Crippen LogP contribution is -2.38. The average Bonchev–Trinajstić information content (AvgIpc) is 2.94. The first-order valence-corrected chi connectivity index (χ1v) is 9.76. The fraction of sp³-hybridized carbons (Fsp3) is 0.789. The van der Waals surface area contributed by atoms with E-state index >= 15 is 0 Å². The summed E-state index contributed by atoms with van der Waals surface area (Å²) in [4.78, 5) is 4.64. The monoisotopic (exact) mass is 478 g/mol. The molecule has 1 aromatic heterocycles. The van der Waals surface area contributed by atoms with E-state index in [4.69, 9.17) is 9.26 Å². The number of aliphatic imine (C=N–C) groups is 1. The number of ether oxygens (including phenoxy) is 1. The Morgan fingerprint density at radius 2 is 2.00 bits per heavy atom. The van der Waals surface area contributed by atoms with Crippen LogP contribution in [0, 0.1) is 13.8 Å². The molecule has 0 unspecified atom stereocenters. The van der Waals surface area contributed by atoms with Gasteiger partial charge in [-0.05, 0) is 46.5 Å². The Bertz CT molecular complexity index is 508. The van der Waals surface area contributed by atoms with Gasteiger partial charge in [-0.1, -0.05) is 24.4 Å². The lowest BCUT2D eigenvalue weighted by atomic mass is 9.98. The molecule has 1 aliphatic rings. The molecule has 0 aliphatic heterocycles. The summed E-state index contributed by atoms with van der Waals surface area (Å²) < 4.78 is 11.2. The number of aryl methyl sites for hydroxylation is 2. The number of halogens is 1. The Morgan fingerprint density at radius 3 is 2.65 bits per heavy atom. The Balaban J connectivity index is 0.00000338. The van der Waals surface area contributed by atoms with Gasteiger partial charge in [-0.3, -0.25) is 4.99 Å². The first-order chi connectivity index (χ1) is 12.2. The van der Waals surface area contributed by atoms with Gasteiger partial charge in [-0.15, -0.1) is 24.0 Å². The molecule has 0 amide bonds. The topological polar surface area (TPSA) is 71.7 Å². The van der Waals surface area contributed by atoms with Crippen LogP contribution in [0.5, 0.6) is 0 Å². The van der Waals surface area contributed by atoms with Gasteiger partial charge in [0.15, 0.2) is 5.96 Å². The summed E-state index contributed by atoms with van der Waals surface area (Å²) in [7, 11) is 0. The molecule has 0 saturated heterocycles. The van der Waals surface area contributed by atoms with Crippen molar-refractivity contribution in [2.75, 3.05) is 26.2 Å². The molecular weight excluding hydrogens is 443 g/mol. The maximum Gasteiger partial charge on any atom is 0.191 e. The summed E-state index contributed by atoms with van der Waals surface area (Å²) in [5, 5.41) is 10.7. The Labute approximate surface area is 174 Å². The normalized spacial score (nSPS) is 15.6. The maximum atomic E-state index is 5.95. The van der Waals surface area contributed by atoms with Crippen molar-refractivity contribution < 1.29 is 9.26 Å². The van der Waals surface area contributed by atoms with Crippen molar-refractivity contribution in [3.05, 3.63) is 17.0 Å². The minimum atomic E-state index is 0. The lowest BCUT2D eigenvalue weighted by Gasteiger charge is -2.21. The van der Waals surface area contributed by atoms with Crippen LogP contribution in [0.1, 0.15) is 62.5 Å². The fourth-order valence-electron chi connectivity index (χ4n) is 3.24. The summed E-state index contributed by atoms with van der Waals surface area (Å²) in [6.45, 7) is 9.29. The van der Waals surface area contributed by atoms with Crippen molar-refractivity contribution in [3.63, 3.8) is 0 Å². The predicted octanol–water partition coefficient (Wildman–Crippen LogP) is 3.75. The number of rotatable bonds is 9. The van der Waals surface area contributed by atoms with E-state index in [0.717, 1.165) is 56.5 Å². The van der Waals surface area contributed by atoms with E-state index in [9.17, 15) is 0 Å². The van der Waals surface area contributed by atoms with Crippen LogP contribution < -0.4 is 10.6 Å². The second-order valence-corrected chi connectivity index (χ2v) is 6.72. The van der Waals surface area contributed by atoms with E-state index in [1.54, 1.807) is 0 Å². The molecule has 0 spiro atoms. The molecule has 0 radical (unpaired) electrons. The first kappa shape index (κ1) is 23.2. The highest BCUT2D eigenvalue weighted by atomic mass is 127. The zero-order valence-electron chi connectivity index (χ0n) is 16.5. The van der Waals surface area contributed by atoms with Crippen LogP contribution in [-0.4, -0.2) is 43.5 Å².